The highest BCUT2D eigenvalue weighted by Crippen LogP contribution is 2.43. The van der Waals surface area contributed by atoms with E-state index in [4.69, 9.17) is 19.4 Å². The van der Waals surface area contributed by atoms with E-state index in [0.717, 1.165) is 99.5 Å². The number of hydrogen-bond acceptors (Lipinski definition) is 4. The van der Waals surface area contributed by atoms with Gasteiger partial charge in [0.05, 0.1) is 22.6 Å². The Balaban J connectivity index is 1.13. The minimum atomic E-state index is 0.688. The van der Waals surface area contributed by atoms with Crippen LogP contribution in [0.2, 0.25) is 0 Å². The van der Waals surface area contributed by atoms with Crippen molar-refractivity contribution < 1.29 is 4.42 Å². The molecule has 0 aliphatic heterocycles. The Morgan fingerprint density at radius 3 is 1.65 bits per heavy atom. The van der Waals surface area contributed by atoms with Crippen molar-refractivity contribution in [3.05, 3.63) is 188 Å². The van der Waals surface area contributed by atoms with Crippen LogP contribution < -0.4 is 0 Å². The molecule has 0 saturated heterocycles. The van der Waals surface area contributed by atoms with Gasteiger partial charge in [-0.3, -0.25) is 0 Å². The summed E-state index contributed by atoms with van der Waals surface area (Å²) in [6.07, 6.45) is 0. The molecule has 0 atom stereocenters. The normalized spacial score (nSPS) is 11.6. The molecule has 0 amide bonds. The van der Waals surface area contributed by atoms with Crippen LogP contribution >= 0.6 is 0 Å². The number of aromatic nitrogens is 3. The summed E-state index contributed by atoms with van der Waals surface area (Å²) in [5, 5.41) is 7.76. The fourth-order valence-electron chi connectivity index (χ4n) is 8.03. The van der Waals surface area contributed by atoms with Gasteiger partial charge in [-0.05, 0) is 40.6 Å². The first-order valence-electron chi connectivity index (χ1n) is 18.5. The number of fused-ring (bicyclic) bond motifs is 8. The third-order valence-corrected chi connectivity index (χ3v) is 10.7. The van der Waals surface area contributed by atoms with Crippen molar-refractivity contribution in [1.29, 1.82) is 0 Å². The maximum absolute atomic E-state index is 6.57. The van der Waals surface area contributed by atoms with Crippen molar-refractivity contribution in [3.8, 4) is 56.3 Å². The molecule has 3 heterocycles. The fraction of sp³-hybridized carbons (Fsp3) is 0. The van der Waals surface area contributed by atoms with Crippen LogP contribution in [0.15, 0.2) is 192 Å². The van der Waals surface area contributed by atoms with Crippen LogP contribution in [0.3, 0.4) is 0 Å². The monoisotopic (exact) mass is 701 g/mol. The maximum Gasteiger partial charge on any atom is 0.160 e. The Kier molecular flexibility index (Phi) is 7.14. The SMILES string of the molecule is c1ccc(-c2nc(-c3ccc4ccccc4c3)nc(-c3ccccc3)c2-c2ccc(-c3nc4ccccc4c4c3ccc3c5ccccc5oc34)cc2)cc1. The van der Waals surface area contributed by atoms with Gasteiger partial charge in [-0.15, -0.1) is 0 Å². The highest BCUT2D eigenvalue weighted by Gasteiger charge is 2.22. The van der Waals surface area contributed by atoms with Crippen LogP contribution in [0.1, 0.15) is 0 Å². The molecule has 4 nitrogen and oxygen atoms in total. The van der Waals surface area contributed by atoms with Gasteiger partial charge in [0.1, 0.15) is 11.2 Å². The van der Waals surface area contributed by atoms with Crippen molar-refractivity contribution in [2.75, 3.05) is 0 Å². The lowest BCUT2D eigenvalue weighted by molar-refractivity contribution is 0.673. The number of para-hydroxylation sites is 2. The van der Waals surface area contributed by atoms with Gasteiger partial charge in [0.25, 0.3) is 0 Å². The second kappa shape index (κ2) is 12.6. The van der Waals surface area contributed by atoms with E-state index < -0.39 is 0 Å². The zero-order valence-electron chi connectivity index (χ0n) is 29.6. The third-order valence-electron chi connectivity index (χ3n) is 10.7. The Morgan fingerprint density at radius 1 is 0.345 bits per heavy atom. The summed E-state index contributed by atoms with van der Waals surface area (Å²) in [4.78, 5) is 16.0. The molecule has 0 fully saturated rings. The summed E-state index contributed by atoms with van der Waals surface area (Å²) < 4.78 is 6.57. The van der Waals surface area contributed by atoms with Gasteiger partial charge in [0, 0.05) is 54.7 Å². The summed E-state index contributed by atoms with van der Waals surface area (Å²) in [6, 6.07) is 65.4. The van der Waals surface area contributed by atoms with Crippen LogP contribution in [-0.4, -0.2) is 15.0 Å². The van der Waals surface area contributed by atoms with Crippen molar-refractivity contribution >= 4 is 54.4 Å². The summed E-state index contributed by atoms with van der Waals surface area (Å²) in [6.45, 7) is 0. The average molecular weight is 702 g/mol. The molecule has 3 aromatic heterocycles. The zero-order valence-corrected chi connectivity index (χ0v) is 29.6. The number of benzene rings is 8. The lowest BCUT2D eigenvalue weighted by Crippen LogP contribution is -2.01. The topological polar surface area (TPSA) is 51.8 Å². The number of nitrogens with zero attached hydrogens (tertiary/aromatic N) is 3. The van der Waals surface area contributed by atoms with E-state index in [1.54, 1.807) is 0 Å². The first kappa shape index (κ1) is 31.1. The minimum Gasteiger partial charge on any atom is -0.455 e. The van der Waals surface area contributed by atoms with Crippen molar-refractivity contribution in [1.82, 2.24) is 15.0 Å². The second-order valence-electron chi connectivity index (χ2n) is 13.9. The van der Waals surface area contributed by atoms with Crippen molar-refractivity contribution in [2.45, 2.75) is 0 Å². The molecule has 0 bridgehead atoms. The van der Waals surface area contributed by atoms with Crippen molar-refractivity contribution in [3.63, 3.8) is 0 Å². The molecule has 0 unspecified atom stereocenters. The summed E-state index contributed by atoms with van der Waals surface area (Å²) >= 11 is 0. The van der Waals surface area contributed by atoms with Gasteiger partial charge < -0.3 is 4.42 Å². The largest absolute Gasteiger partial charge is 0.455 e. The number of rotatable bonds is 5. The first-order valence-corrected chi connectivity index (χ1v) is 18.5. The molecule has 0 N–H and O–H groups in total. The number of pyridine rings is 1. The Labute approximate surface area is 317 Å². The fourth-order valence-corrected chi connectivity index (χ4v) is 8.03. The molecule has 55 heavy (non-hydrogen) atoms. The van der Waals surface area contributed by atoms with Gasteiger partial charge in [0.2, 0.25) is 0 Å². The van der Waals surface area contributed by atoms with Gasteiger partial charge in [-0.2, -0.15) is 0 Å². The molecule has 0 aliphatic rings. The lowest BCUT2D eigenvalue weighted by atomic mass is 9.92. The number of hydrogen-bond donors (Lipinski definition) is 0. The summed E-state index contributed by atoms with van der Waals surface area (Å²) in [7, 11) is 0. The van der Waals surface area contributed by atoms with E-state index in [9.17, 15) is 0 Å². The molecular weight excluding hydrogens is 671 g/mol. The molecule has 8 aromatic carbocycles. The molecule has 11 aromatic rings. The van der Waals surface area contributed by atoms with E-state index >= 15 is 0 Å². The highest BCUT2D eigenvalue weighted by atomic mass is 16.3. The summed E-state index contributed by atoms with van der Waals surface area (Å²) in [5.74, 6) is 0.688. The zero-order chi connectivity index (χ0) is 36.3. The Hall–Kier alpha value is -7.43. The highest BCUT2D eigenvalue weighted by molar-refractivity contribution is 6.24. The van der Waals surface area contributed by atoms with Crippen LogP contribution in [0.4, 0.5) is 0 Å². The predicted molar refractivity (Wildman–Crippen MR) is 227 cm³/mol. The molecule has 256 valence electrons. The Morgan fingerprint density at radius 2 is 0.909 bits per heavy atom. The summed E-state index contributed by atoms with van der Waals surface area (Å²) in [5.41, 5.74) is 11.4. The van der Waals surface area contributed by atoms with Gasteiger partial charge in [-0.25, -0.2) is 15.0 Å². The average Bonchev–Trinajstić information content (AvgIpc) is 3.65. The van der Waals surface area contributed by atoms with Gasteiger partial charge in [-0.1, -0.05) is 164 Å². The van der Waals surface area contributed by atoms with E-state index in [0.29, 0.717) is 5.82 Å². The maximum atomic E-state index is 6.57. The lowest BCUT2D eigenvalue weighted by Gasteiger charge is -2.17. The quantitative estimate of drug-likeness (QED) is 0.168. The molecule has 0 radical (unpaired) electrons. The van der Waals surface area contributed by atoms with E-state index in [1.165, 1.54) is 5.39 Å². The standard InChI is InChI=1S/C51H31N3O/c1-3-14-34(15-4-1)48-45(49(35-16-5-2-6-17-35)54-51(53-48)38-28-23-32-13-7-8-18-37(32)31-38)33-24-26-36(27-25-33)47-42-30-29-40-39-19-10-12-22-44(39)55-50(40)46(42)41-20-9-11-21-43(41)52-47/h1-31H. The van der Waals surface area contributed by atoms with E-state index in [1.807, 2.05) is 30.3 Å². The van der Waals surface area contributed by atoms with Gasteiger partial charge >= 0.3 is 0 Å². The van der Waals surface area contributed by atoms with Crippen LogP contribution in [0.25, 0.3) is 111 Å². The molecule has 11 rings (SSSR count). The first-order chi connectivity index (χ1) is 27.3. The number of furan rings is 1. The van der Waals surface area contributed by atoms with Crippen LogP contribution in [0.5, 0.6) is 0 Å². The Bertz CT molecular complexity index is 3180. The smallest absolute Gasteiger partial charge is 0.160 e. The molecular formula is C51H31N3O. The van der Waals surface area contributed by atoms with Crippen molar-refractivity contribution in [2.24, 2.45) is 0 Å². The molecule has 4 heteroatoms. The minimum absolute atomic E-state index is 0.688. The van der Waals surface area contributed by atoms with Crippen LogP contribution in [-0.2, 0) is 0 Å². The van der Waals surface area contributed by atoms with E-state index in [2.05, 4.69) is 158 Å². The second-order valence-corrected chi connectivity index (χ2v) is 13.9. The third kappa shape index (κ3) is 5.19. The van der Waals surface area contributed by atoms with E-state index in [-0.39, 0.29) is 0 Å². The molecule has 0 spiro atoms. The predicted octanol–water partition coefficient (Wildman–Crippen LogP) is 13.6. The van der Waals surface area contributed by atoms with Gasteiger partial charge in [0.15, 0.2) is 5.82 Å². The van der Waals surface area contributed by atoms with Crippen LogP contribution in [0, 0.1) is 0 Å². The molecule has 0 saturated carbocycles. The molecule has 0 aliphatic carbocycles.